The minimum absolute atomic E-state index is 0.0728. The van der Waals surface area contributed by atoms with Crippen molar-refractivity contribution in [2.75, 3.05) is 19.0 Å². The zero-order chi connectivity index (χ0) is 20.0. The maximum Gasteiger partial charge on any atom is 0.226 e. The van der Waals surface area contributed by atoms with Gasteiger partial charge in [-0.3, -0.25) is 9.59 Å². The molecule has 144 valence electrons. The predicted octanol–water partition coefficient (Wildman–Crippen LogP) is 4.00. The van der Waals surface area contributed by atoms with Crippen molar-refractivity contribution in [1.29, 1.82) is 0 Å². The molecule has 5 nitrogen and oxygen atoms in total. The van der Waals surface area contributed by atoms with Crippen LogP contribution in [0, 0.1) is 20.8 Å². The van der Waals surface area contributed by atoms with Gasteiger partial charge in [-0.25, -0.2) is 0 Å². The Morgan fingerprint density at radius 2 is 1.70 bits per heavy atom. The van der Waals surface area contributed by atoms with Gasteiger partial charge >= 0.3 is 0 Å². The summed E-state index contributed by atoms with van der Waals surface area (Å²) in [7, 11) is 1.61. The summed E-state index contributed by atoms with van der Waals surface area (Å²) in [6, 6.07) is 11.7. The lowest BCUT2D eigenvalue weighted by atomic mass is 10.0. The molecule has 0 aromatic heterocycles. The Morgan fingerprint density at radius 3 is 2.30 bits per heavy atom. The molecule has 0 heterocycles. The van der Waals surface area contributed by atoms with Crippen LogP contribution in [0.4, 0.5) is 5.69 Å². The first kappa shape index (κ1) is 20.5. The molecule has 0 radical (unpaired) electrons. The van der Waals surface area contributed by atoms with Gasteiger partial charge in [0.25, 0.3) is 0 Å². The largest absolute Gasteiger partial charge is 0.496 e. The fraction of sp³-hybridized carbons (Fsp3) is 0.364. The minimum atomic E-state index is -0.101. The fourth-order valence-electron chi connectivity index (χ4n) is 3.20. The number of rotatable bonds is 7. The third-order valence-corrected chi connectivity index (χ3v) is 4.55. The van der Waals surface area contributed by atoms with Crippen molar-refractivity contribution in [3.8, 4) is 5.75 Å². The highest BCUT2D eigenvalue weighted by atomic mass is 16.5. The van der Waals surface area contributed by atoms with E-state index in [0.717, 1.165) is 28.1 Å². The van der Waals surface area contributed by atoms with Gasteiger partial charge in [0.05, 0.1) is 7.11 Å². The fourth-order valence-corrected chi connectivity index (χ4v) is 3.20. The molecule has 0 saturated carbocycles. The lowest BCUT2D eigenvalue weighted by molar-refractivity contribution is -0.129. The Bertz CT molecular complexity index is 807. The van der Waals surface area contributed by atoms with Gasteiger partial charge in [-0.15, -0.1) is 0 Å². The summed E-state index contributed by atoms with van der Waals surface area (Å²) < 4.78 is 5.35. The number of carbonyl (C=O) groups is 2. The number of para-hydroxylation sites is 1. The zero-order valence-electron chi connectivity index (χ0n) is 16.8. The molecule has 2 rings (SSSR count). The van der Waals surface area contributed by atoms with Crippen molar-refractivity contribution >= 4 is 17.5 Å². The number of amides is 2. The van der Waals surface area contributed by atoms with Crippen LogP contribution < -0.4 is 10.1 Å². The zero-order valence-corrected chi connectivity index (χ0v) is 16.8. The second-order valence-corrected chi connectivity index (χ2v) is 6.82. The topological polar surface area (TPSA) is 58.6 Å². The molecule has 0 atom stereocenters. The van der Waals surface area contributed by atoms with Crippen LogP contribution in [0.3, 0.4) is 0 Å². The SMILES string of the molecule is COc1ccccc1CN(CCC(=O)Nc1c(C)cc(C)cc1C)C(C)=O. The Kier molecular flexibility index (Phi) is 6.99. The lowest BCUT2D eigenvalue weighted by Crippen LogP contribution is -2.31. The Hall–Kier alpha value is -2.82. The normalized spacial score (nSPS) is 10.4. The maximum absolute atomic E-state index is 12.4. The molecule has 0 aliphatic heterocycles. The number of hydrogen-bond donors (Lipinski definition) is 1. The summed E-state index contributed by atoms with van der Waals surface area (Å²) in [6.45, 7) is 8.28. The molecule has 1 N–H and O–H groups in total. The number of anilines is 1. The van der Waals surface area contributed by atoms with Crippen LogP contribution in [0.1, 0.15) is 35.6 Å². The monoisotopic (exact) mass is 368 g/mol. The lowest BCUT2D eigenvalue weighted by Gasteiger charge is -2.22. The predicted molar refractivity (Wildman–Crippen MR) is 108 cm³/mol. The van der Waals surface area contributed by atoms with Crippen molar-refractivity contribution in [3.05, 3.63) is 58.7 Å². The molecule has 0 spiro atoms. The summed E-state index contributed by atoms with van der Waals surface area (Å²) >= 11 is 0. The number of aryl methyl sites for hydroxylation is 3. The summed E-state index contributed by atoms with van der Waals surface area (Å²) in [6.07, 6.45) is 0.238. The third-order valence-electron chi connectivity index (χ3n) is 4.55. The van der Waals surface area contributed by atoms with E-state index >= 15 is 0 Å². The van der Waals surface area contributed by atoms with Crippen molar-refractivity contribution < 1.29 is 14.3 Å². The molecule has 2 aromatic rings. The van der Waals surface area contributed by atoms with Crippen molar-refractivity contribution in [1.82, 2.24) is 4.90 Å². The summed E-state index contributed by atoms with van der Waals surface area (Å²) in [5, 5.41) is 2.98. The molecule has 0 bridgehead atoms. The smallest absolute Gasteiger partial charge is 0.226 e. The van der Waals surface area contributed by atoms with E-state index in [1.54, 1.807) is 12.0 Å². The molecule has 0 fully saturated rings. The van der Waals surface area contributed by atoms with Crippen LogP contribution in [-0.2, 0) is 16.1 Å². The molecule has 0 aliphatic carbocycles. The standard InChI is InChI=1S/C22H28N2O3/c1-15-12-16(2)22(17(3)13-15)23-21(26)10-11-24(18(4)25)14-19-8-6-7-9-20(19)27-5/h6-9,12-13H,10-11,14H2,1-5H3,(H,23,26). The number of carbonyl (C=O) groups excluding carboxylic acids is 2. The van der Waals surface area contributed by atoms with E-state index in [0.29, 0.717) is 13.1 Å². The molecule has 5 heteroatoms. The van der Waals surface area contributed by atoms with E-state index in [9.17, 15) is 9.59 Å². The summed E-state index contributed by atoms with van der Waals surface area (Å²) in [5.74, 6) is 0.562. The van der Waals surface area contributed by atoms with E-state index in [2.05, 4.69) is 5.32 Å². The number of ether oxygens (including phenoxy) is 1. The van der Waals surface area contributed by atoms with Gasteiger partial charge in [0.1, 0.15) is 5.75 Å². The Labute approximate surface area is 161 Å². The van der Waals surface area contributed by atoms with Crippen LogP contribution in [0.2, 0.25) is 0 Å². The summed E-state index contributed by atoms with van der Waals surface area (Å²) in [4.78, 5) is 26.1. The number of nitrogens with zero attached hydrogens (tertiary/aromatic N) is 1. The number of nitrogens with one attached hydrogen (secondary N) is 1. The molecule has 0 unspecified atom stereocenters. The van der Waals surface area contributed by atoms with Gasteiger partial charge in [0.2, 0.25) is 11.8 Å². The molecule has 0 saturated heterocycles. The molecule has 2 amide bonds. The molecule has 27 heavy (non-hydrogen) atoms. The van der Waals surface area contributed by atoms with Gasteiger partial charge in [-0.05, 0) is 38.0 Å². The average Bonchev–Trinajstić information content (AvgIpc) is 2.61. The van der Waals surface area contributed by atoms with Gasteiger partial charge in [0, 0.05) is 37.7 Å². The van der Waals surface area contributed by atoms with Gasteiger partial charge < -0.3 is 15.0 Å². The van der Waals surface area contributed by atoms with Crippen LogP contribution >= 0.6 is 0 Å². The Balaban J connectivity index is 2.02. The first-order valence-corrected chi connectivity index (χ1v) is 9.07. The maximum atomic E-state index is 12.4. The van der Waals surface area contributed by atoms with Gasteiger partial charge in [0.15, 0.2) is 0 Å². The molecular weight excluding hydrogens is 340 g/mol. The highest BCUT2D eigenvalue weighted by Crippen LogP contribution is 2.22. The quantitative estimate of drug-likeness (QED) is 0.804. The van der Waals surface area contributed by atoms with Crippen LogP contribution in [-0.4, -0.2) is 30.4 Å². The second-order valence-electron chi connectivity index (χ2n) is 6.82. The van der Waals surface area contributed by atoms with Crippen molar-refractivity contribution in [2.45, 2.75) is 40.7 Å². The molecular formula is C22H28N2O3. The highest BCUT2D eigenvalue weighted by Gasteiger charge is 2.15. The van der Waals surface area contributed by atoms with E-state index in [1.165, 1.54) is 12.5 Å². The summed E-state index contributed by atoms with van der Waals surface area (Å²) in [5.41, 5.74) is 5.02. The van der Waals surface area contributed by atoms with E-state index in [1.807, 2.05) is 57.2 Å². The van der Waals surface area contributed by atoms with E-state index < -0.39 is 0 Å². The number of hydrogen-bond acceptors (Lipinski definition) is 3. The van der Waals surface area contributed by atoms with Gasteiger partial charge in [-0.1, -0.05) is 35.9 Å². The van der Waals surface area contributed by atoms with Crippen LogP contribution in [0.25, 0.3) is 0 Å². The van der Waals surface area contributed by atoms with Crippen LogP contribution in [0.5, 0.6) is 5.75 Å². The first-order valence-electron chi connectivity index (χ1n) is 9.07. The molecule has 2 aromatic carbocycles. The average molecular weight is 368 g/mol. The third kappa shape index (κ3) is 5.58. The highest BCUT2D eigenvalue weighted by molar-refractivity contribution is 5.92. The second kappa shape index (κ2) is 9.21. The number of methoxy groups -OCH3 is 1. The van der Waals surface area contributed by atoms with E-state index in [4.69, 9.17) is 4.74 Å². The first-order chi connectivity index (χ1) is 12.8. The minimum Gasteiger partial charge on any atom is -0.496 e. The van der Waals surface area contributed by atoms with E-state index in [-0.39, 0.29) is 18.2 Å². The van der Waals surface area contributed by atoms with Crippen LogP contribution in [0.15, 0.2) is 36.4 Å². The van der Waals surface area contributed by atoms with Crippen molar-refractivity contribution in [2.24, 2.45) is 0 Å². The van der Waals surface area contributed by atoms with Crippen molar-refractivity contribution in [3.63, 3.8) is 0 Å². The number of benzene rings is 2. The van der Waals surface area contributed by atoms with Gasteiger partial charge in [-0.2, -0.15) is 0 Å². The molecule has 0 aliphatic rings. The Morgan fingerprint density at radius 1 is 1.07 bits per heavy atom.